The zero-order valence-corrected chi connectivity index (χ0v) is 16.6. The Morgan fingerprint density at radius 1 is 1.27 bits per heavy atom. The number of carboxylic acids is 1. The fourth-order valence-corrected chi connectivity index (χ4v) is 3.81. The van der Waals surface area contributed by atoms with E-state index < -0.39 is 19.0 Å². The van der Waals surface area contributed by atoms with Gasteiger partial charge in [-0.05, 0) is 35.7 Å². The van der Waals surface area contributed by atoms with Crippen molar-refractivity contribution in [3.8, 4) is 5.75 Å². The lowest BCUT2D eigenvalue weighted by Crippen LogP contribution is -2.53. The van der Waals surface area contributed by atoms with Gasteiger partial charge in [0, 0.05) is 23.7 Å². The highest BCUT2D eigenvalue weighted by molar-refractivity contribution is 7.13. The third-order valence-electron chi connectivity index (χ3n) is 4.73. The number of aromatic nitrogens is 1. The topological polar surface area (TPSA) is 121 Å². The Kier molecular flexibility index (Phi) is 5.69. The summed E-state index contributed by atoms with van der Waals surface area (Å²) < 4.78 is 5.42. The van der Waals surface area contributed by atoms with Crippen LogP contribution in [-0.4, -0.2) is 40.1 Å². The molecule has 4 N–H and O–H groups in total. The fraction of sp³-hybridized carbons (Fsp3) is 0.150. The molecule has 1 atom stereocenters. The first-order valence-electron chi connectivity index (χ1n) is 9.24. The van der Waals surface area contributed by atoms with Crippen LogP contribution in [0.3, 0.4) is 0 Å². The van der Waals surface area contributed by atoms with Crippen LogP contribution in [0.2, 0.25) is 0 Å². The smallest absolute Gasteiger partial charge is 0.534 e. The van der Waals surface area contributed by atoms with Crippen LogP contribution in [0.1, 0.15) is 31.8 Å². The number of benzene rings is 2. The monoisotopic (exact) mass is 423 g/mol. The highest BCUT2D eigenvalue weighted by atomic mass is 32.1. The molecule has 2 heterocycles. The zero-order chi connectivity index (χ0) is 21.1. The van der Waals surface area contributed by atoms with Crippen LogP contribution in [0.25, 0.3) is 0 Å². The quantitative estimate of drug-likeness (QED) is 0.449. The van der Waals surface area contributed by atoms with E-state index in [0.717, 1.165) is 10.7 Å². The number of rotatable bonds is 6. The third-order valence-corrected chi connectivity index (χ3v) is 5.46. The van der Waals surface area contributed by atoms with E-state index in [1.807, 2.05) is 11.4 Å². The van der Waals surface area contributed by atoms with Crippen LogP contribution in [0, 0.1) is 0 Å². The van der Waals surface area contributed by atoms with Crippen molar-refractivity contribution in [1.29, 1.82) is 0 Å². The Labute approximate surface area is 176 Å². The predicted octanol–water partition coefficient (Wildman–Crippen LogP) is 2.21. The molecule has 1 aromatic heterocycles. The van der Waals surface area contributed by atoms with Crippen LogP contribution >= 0.6 is 11.3 Å². The summed E-state index contributed by atoms with van der Waals surface area (Å²) in [5.74, 6) is -2.05. The molecule has 30 heavy (non-hydrogen) atoms. The molecule has 0 aliphatic carbocycles. The fourth-order valence-electron chi connectivity index (χ4n) is 3.28. The van der Waals surface area contributed by atoms with E-state index in [-0.39, 0.29) is 23.6 Å². The van der Waals surface area contributed by atoms with Crippen molar-refractivity contribution in [2.45, 2.75) is 18.9 Å². The van der Waals surface area contributed by atoms with Crippen molar-refractivity contribution in [2.24, 2.45) is 0 Å². The first-order valence-corrected chi connectivity index (χ1v) is 10.1. The number of amides is 1. The van der Waals surface area contributed by atoms with Crippen molar-refractivity contribution in [3.63, 3.8) is 0 Å². The highest BCUT2D eigenvalue weighted by Crippen LogP contribution is 2.30. The molecule has 10 heteroatoms. The first kappa shape index (κ1) is 19.9. The lowest BCUT2D eigenvalue weighted by molar-refractivity contribution is 0.0693. The lowest BCUT2D eigenvalue weighted by Gasteiger charge is -2.28. The maximum atomic E-state index is 12.7. The number of anilines is 1. The molecule has 4 rings (SSSR count). The second-order valence-electron chi connectivity index (χ2n) is 6.78. The molecule has 1 aliphatic heterocycles. The average molecular weight is 423 g/mol. The number of nitrogens with zero attached hydrogens (tertiary/aromatic N) is 1. The van der Waals surface area contributed by atoms with Gasteiger partial charge >= 0.3 is 13.1 Å². The Bertz CT molecular complexity index is 1080. The molecule has 1 aliphatic rings. The van der Waals surface area contributed by atoms with Gasteiger partial charge in [0.05, 0.1) is 11.5 Å². The van der Waals surface area contributed by atoms with Gasteiger partial charge in [-0.2, -0.15) is 0 Å². The molecular weight excluding hydrogens is 405 g/mol. The lowest BCUT2D eigenvalue weighted by atomic mass is 9.72. The summed E-state index contributed by atoms with van der Waals surface area (Å²) in [6.07, 6.45) is 1.97. The molecule has 0 radical (unpaired) electrons. The molecule has 0 bridgehead atoms. The molecule has 8 nitrogen and oxygen atoms in total. The van der Waals surface area contributed by atoms with E-state index in [4.69, 9.17) is 4.65 Å². The Balaban J connectivity index is 1.44. The van der Waals surface area contributed by atoms with Crippen molar-refractivity contribution >= 4 is 35.5 Å². The van der Waals surface area contributed by atoms with Gasteiger partial charge in [0.2, 0.25) is 0 Å². The number of nitrogens with one attached hydrogen (secondary N) is 2. The van der Waals surface area contributed by atoms with Gasteiger partial charge in [0.15, 0.2) is 5.13 Å². The minimum atomic E-state index is -1.35. The van der Waals surface area contributed by atoms with Gasteiger partial charge in [0.25, 0.3) is 5.91 Å². The van der Waals surface area contributed by atoms with Crippen molar-refractivity contribution in [2.75, 3.05) is 5.32 Å². The number of para-hydroxylation sites is 1. The minimum Gasteiger partial charge on any atom is -0.534 e. The number of hydrogen-bond donors (Lipinski definition) is 4. The van der Waals surface area contributed by atoms with Crippen molar-refractivity contribution < 1.29 is 24.4 Å². The summed E-state index contributed by atoms with van der Waals surface area (Å²) in [4.78, 5) is 28.2. The number of fused-ring (bicyclic) bond motifs is 1. The highest BCUT2D eigenvalue weighted by Gasteiger charge is 2.37. The molecular formula is C20H18BN3O5S. The van der Waals surface area contributed by atoms with E-state index in [1.165, 1.54) is 17.4 Å². The largest absolute Gasteiger partial charge is 0.547 e. The van der Waals surface area contributed by atoms with E-state index in [9.17, 15) is 19.7 Å². The Morgan fingerprint density at radius 3 is 2.87 bits per heavy atom. The average Bonchev–Trinajstić information content (AvgIpc) is 3.26. The Morgan fingerprint density at radius 2 is 2.10 bits per heavy atom. The molecule has 152 valence electrons. The molecule has 2 aromatic carbocycles. The van der Waals surface area contributed by atoms with E-state index in [0.29, 0.717) is 17.7 Å². The first-order chi connectivity index (χ1) is 14.5. The van der Waals surface area contributed by atoms with Crippen molar-refractivity contribution in [3.05, 3.63) is 76.3 Å². The molecule has 3 aromatic rings. The van der Waals surface area contributed by atoms with Crippen LogP contribution in [0.4, 0.5) is 5.13 Å². The van der Waals surface area contributed by atoms with Gasteiger partial charge in [-0.15, -0.1) is 11.3 Å². The predicted molar refractivity (Wildman–Crippen MR) is 113 cm³/mol. The SMILES string of the molecule is O=C(N[C@H]1Cc2cccc(C(=O)O)c2OB1O)c1cccc(CNc2nccs2)c1. The second kappa shape index (κ2) is 8.56. The van der Waals surface area contributed by atoms with Crippen LogP contribution in [0.15, 0.2) is 54.0 Å². The summed E-state index contributed by atoms with van der Waals surface area (Å²) in [5.41, 5.74) is 1.96. The van der Waals surface area contributed by atoms with Gasteiger partial charge in [-0.25, -0.2) is 9.78 Å². The molecule has 0 spiro atoms. The van der Waals surface area contributed by atoms with E-state index in [1.54, 1.807) is 36.5 Å². The summed E-state index contributed by atoms with van der Waals surface area (Å²) in [6.45, 7) is 0.523. The number of thiazole rings is 1. The van der Waals surface area contributed by atoms with Gasteiger partial charge in [0.1, 0.15) is 5.75 Å². The summed E-state index contributed by atoms with van der Waals surface area (Å²) in [6, 6.07) is 11.9. The molecule has 1 amide bonds. The van der Waals surface area contributed by atoms with Gasteiger partial charge < -0.3 is 25.4 Å². The molecule has 0 saturated carbocycles. The number of aromatic carboxylic acids is 1. The van der Waals surface area contributed by atoms with Crippen molar-refractivity contribution in [1.82, 2.24) is 10.3 Å². The maximum absolute atomic E-state index is 12.7. The summed E-state index contributed by atoms with van der Waals surface area (Å²) >= 11 is 1.49. The molecule has 0 unspecified atom stereocenters. The number of carbonyl (C=O) groups excluding carboxylic acids is 1. The third kappa shape index (κ3) is 4.29. The Hall–Kier alpha value is -3.37. The molecule has 0 saturated heterocycles. The summed E-state index contributed by atoms with van der Waals surface area (Å²) in [5, 5.41) is 28.2. The number of carbonyl (C=O) groups is 2. The number of carboxylic acid groups (broad SMARTS) is 1. The van der Waals surface area contributed by atoms with E-state index in [2.05, 4.69) is 15.6 Å². The van der Waals surface area contributed by atoms with Crippen LogP contribution in [0.5, 0.6) is 5.75 Å². The van der Waals surface area contributed by atoms with Crippen LogP contribution in [-0.2, 0) is 13.0 Å². The normalized spacial score (nSPS) is 15.1. The van der Waals surface area contributed by atoms with Gasteiger partial charge in [-0.1, -0.05) is 24.3 Å². The standard InChI is InChI=1S/C20H18BN3O5S/c25-18(14-5-1-3-12(9-14)11-23-20-22-7-8-30-20)24-16-10-13-4-2-6-15(19(26)27)17(13)29-21(16)28/h1-9,16,28H,10-11H2,(H,22,23)(H,24,25)(H,26,27)/t16-/m0/s1. The molecule has 0 fully saturated rings. The zero-order valence-electron chi connectivity index (χ0n) is 15.7. The second-order valence-corrected chi connectivity index (χ2v) is 7.68. The maximum Gasteiger partial charge on any atom is 0.547 e. The van der Waals surface area contributed by atoms with E-state index >= 15 is 0 Å². The van der Waals surface area contributed by atoms with Gasteiger partial charge in [-0.3, -0.25) is 4.79 Å². The summed E-state index contributed by atoms with van der Waals surface area (Å²) in [7, 11) is -1.35. The van der Waals surface area contributed by atoms with Crippen LogP contribution < -0.4 is 15.3 Å². The minimum absolute atomic E-state index is 0.0169. The number of hydrogen-bond acceptors (Lipinski definition) is 7.